The highest BCUT2D eigenvalue weighted by atomic mass is 16.6. The molecule has 0 radical (unpaired) electrons. The summed E-state index contributed by atoms with van der Waals surface area (Å²) in [5, 5.41) is 15.1. The Morgan fingerprint density at radius 3 is 2.93 bits per heavy atom. The minimum Gasteiger partial charge on any atom is -0.400 e. The molecule has 27 heavy (non-hydrogen) atoms. The van der Waals surface area contributed by atoms with Crippen LogP contribution in [-0.2, 0) is 11.3 Å². The largest absolute Gasteiger partial charge is 0.433 e. The van der Waals surface area contributed by atoms with Gasteiger partial charge in [-0.1, -0.05) is 12.1 Å². The highest BCUT2D eigenvalue weighted by molar-refractivity contribution is 5.79. The maximum atomic E-state index is 12.8. The zero-order valence-corrected chi connectivity index (χ0v) is 14.5. The van der Waals surface area contributed by atoms with E-state index in [2.05, 4.69) is 15.5 Å². The fraction of sp³-hybridized carbons (Fsp3) is 0.235. The zero-order chi connectivity index (χ0) is 19.2. The van der Waals surface area contributed by atoms with Crippen LogP contribution in [0.15, 0.2) is 50.7 Å². The van der Waals surface area contributed by atoms with E-state index in [0.717, 1.165) is 0 Å². The Morgan fingerprint density at radius 1 is 1.37 bits per heavy atom. The van der Waals surface area contributed by atoms with Crippen molar-refractivity contribution in [1.29, 1.82) is 0 Å². The van der Waals surface area contributed by atoms with Gasteiger partial charge in [-0.3, -0.25) is 19.5 Å². The summed E-state index contributed by atoms with van der Waals surface area (Å²) in [6, 6.07) is 9.67. The van der Waals surface area contributed by atoms with Crippen molar-refractivity contribution >= 4 is 29.0 Å². The molecule has 0 amide bonds. The van der Waals surface area contributed by atoms with E-state index in [9.17, 15) is 14.9 Å². The number of anilines is 1. The van der Waals surface area contributed by atoms with Crippen molar-refractivity contribution in [3.8, 4) is 0 Å². The first-order valence-electron chi connectivity index (χ1n) is 8.12. The number of methoxy groups -OCH3 is 1. The van der Waals surface area contributed by atoms with Gasteiger partial charge in [0.05, 0.1) is 23.2 Å². The molecule has 0 atom stereocenters. The minimum absolute atomic E-state index is 0.192. The van der Waals surface area contributed by atoms with Crippen LogP contribution >= 0.6 is 0 Å². The molecule has 0 bridgehead atoms. The maximum absolute atomic E-state index is 12.8. The van der Waals surface area contributed by atoms with Crippen molar-refractivity contribution in [1.82, 2.24) is 9.55 Å². The number of aromatic nitrogens is 2. The Labute approximate surface area is 153 Å². The van der Waals surface area contributed by atoms with E-state index in [-0.39, 0.29) is 23.2 Å². The number of hydrogen-bond donors (Lipinski definition) is 1. The van der Waals surface area contributed by atoms with E-state index in [1.54, 1.807) is 31.4 Å². The summed E-state index contributed by atoms with van der Waals surface area (Å²) < 4.78 is 11.5. The highest BCUT2D eigenvalue weighted by Crippen LogP contribution is 2.14. The van der Waals surface area contributed by atoms with E-state index in [0.29, 0.717) is 30.5 Å². The summed E-state index contributed by atoms with van der Waals surface area (Å²) >= 11 is 0. The zero-order valence-electron chi connectivity index (χ0n) is 14.5. The normalized spacial score (nSPS) is 11.3. The van der Waals surface area contributed by atoms with Crippen LogP contribution in [0.25, 0.3) is 10.9 Å². The Balaban J connectivity index is 1.88. The topological polar surface area (TPSA) is 125 Å². The third-order valence-corrected chi connectivity index (χ3v) is 3.74. The molecule has 10 heteroatoms. The molecule has 2 aromatic heterocycles. The average molecular weight is 371 g/mol. The lowest BCUT2D eigenvalue weighted by molar-refractivity contribution is -0.402. The van der Waals surface area contributed by atoms with Crippen molar-refractivity contribution in [3.63, 3.8) is 0 Å². The first kappa shape index (κ1) is 18.3. The molecule has 0 saturated heterocycles. The number of furan rings is 1. The number of ether oxygens (including phenoxy) is 1. The van der Waals surface area contributed by atoms with Gasteiger partial charge in [-0.05, 0) is 24.6 Å². The van der Waals surface area contributed by atoms with Crippen LogP contribution < -0.4 is 11.0 Å². The molecule has 10 nitrogen and oxygen atoms in total. The molecular formula is C17H17N5O5. The standard InChI is InChI=1S/C17H17N5O5/c1-26-10-4-9-21-16(23)13-5-2-3-6-14(13)19-17(21)20-18-11-12-7-8-15(27-12)22(24)25/h2-3,5-8,11H,4,9-10H2,1H3,(H,19,20)/b18-11-. The lowest BCUT2D eigenvalue weighted by Gasteiger charge is -2.12. The van der Waals surface area contributed by atoms with Gasteiger partial charge in [0.15, 0.2) is 5.76 Å². The monoisotopic (exact) mass is 371 g/mol. The average Bonchev–Trinajstić information content (AvgIpc) is 3.13. The van der Waals surface area contributed by atoms with Crippen LogP contribution in [0.2, 0.25) is 0 Å². The number of hydrazone groups is 1. The molecule has 1 N–H and O–H groups in total. The molecule has 0 spiro atoms. The molecule has 3 rings (SSSR count). The fourth-order valence-electron chi connectivity index (χ4n) is 2.49. The van der Waals surface area contributed by atoms with Crippen LogP contribution in [0.1, 0.15) is 12.2 Å². The lowest BCUT2D eigenvalue weighted by atomic mass is 10.2. The van der Waals surface area contributed by atoms with Crippen molar-refractivity contribution in [2.45, 2.75) is 13.0 Å². The van der Waals surface area contributed by atoms with Gasteiger partial charge in [0.2, 0.25) is 5.95 Å². The molecular weight excluding hydrogens is 354 g/mol. The SMILES string of the molecule is COCCCn1c(N/N=C\c2ccc([N+](=O)[O-])o2)nc2ccccc2c1=O. The lowest BCUT2D eigenvalue weighted by Crippen LogP contribution is -2.24. The number of nitro groups is 1. The van der Waals surface area contributed by atoms with Gasteiger partial charge in [0.1, 0.15) is 4.92 Å². The third kappa shape index (κ3) is 4.18. The van der Waals surface area contributed by atoms with Gasteiger partial charge in [-0.25, -0.2) is 10.4 Å². The maximum Gasteiger partial charge on any atom is 0.433 e. The number of nitrogens with zero attached hydrogens (tertiary/aromatic N) is 4. The summed E-state index contributed by atoms with van der Waals surface area (Å²) in [5.41, 5.74) is 3.06. The molecule has 140 valence electrons. The first-order chi connectivity index (χ1) is 13.1. The molecule has 0 saturated carbocycles. The third-order valence-electron chi connectivity index (χ3n) is 3.74. The van der Waals surface area contributed by atoms with Gasteiger partial charge in [-0.2, -0.15) is 5.10 Å². The van der Waals surface area contributed by atoms with Crippen molar-refractivity contribution < 1.29 is 14.1 Å². The van der Waals surface area contributed by atoms with Crippen molar-refractivity contribution in [2.24, 2.45) is 5.10 Å². The van der Waals surface area contributed by atoms with E-state index in [4.69, 9.17) is 9.15 Å². The Kier molecular flexibility index (Phi) is 5.57. The Bertz CT molecular complexity index is 1040. The summed E-state index contributed by atoms with van der Waals surface area (Å²) in [6.45, 7) is 0.895. The molecule has 0 aliphatic rings. The highest BCUT2D eigenvalue weighted by Gasteiger charge is 2.12. The molecule has 1 aromatic carbocycles. The number of rotatable bonds is 8. The molecule has 0 fully saturated rings. The Morgan fingerprint density at radius 2 is 2.19 bits per heavy atom. The molecule has 0 unspecified atom stereocenters. The number of hydrogen-bond acceptors (Lipinski definition) is 8. The van der Waals surface area contributed by atoms with Crippen LogP contribution in [0.4, 0.5) is 11.8 Å². The number of nitrogens with one attached hydrogen (secondary N) is 1. The van der Waals surface area contributed by atoms with Crippen LogP contribution in [0.3, 0.4) is 0 Å². The molecule has 0 aliphatic carbocycles. The van der Waals surface area contributed by atoms with E-state index in [1.807, 2.05) is 0 Å². The van der Waals surface area contributed by atoms with Crippen LogP contribution in [0.5, 0.6) is 0 Å². The van der Waals surface area contributed by atoms with E-state index >= 15 is 0 Å². The van der Waals surface area contributed by atoms with E-state index < -0.39 is 4.92 Å². The second-order valence-electron chi connectivity index (χ2n) is 5.56. The summed E-state index contributed by atoms with van der Waals surface area (Å²) in [6.07, 6.45) is 1.90. The van der Waals surface area contributed by atoms with Gasteiger partial charge in [0.25, 0.3) is 5.56 Å². The Hall–Kier alpha value is -3.53. The fourth-order valence-corrected chi connectivity index (χ4v) is 2.49. The smallest absolute Gasteiger partial charge is 0.400 e. The predicted molar refractivity (Wildman–Crippen MR) is 99.1 cm³/mol. The van der Waals surface area contributed by atoms with Crippen molar-refractivity contribution in [2.75, 3.05) is 19.1 Å². The first-order valence-corrected chi connectivity index (χ1v) is 8.12. The van der Waals surface area contributed by atoms with Gasteiger partial charge < -0.3 is 9.15 Å². The summed E-state index contributed by atoms with van der Waals surface area (Å²) in [4.78, 5) is 27.2. The molecule has 0 aliphatic heterocycles. The quantitative estimate of drug-likeness (QED) is 0.279. The molecule has 3 aromatic rings. The van der Waals surface area contributed by atoms with Gasteiger partial charge in [-0.15, -0.1) is 0 Å². The molecule has 2 heterocycles. The van der Waals surface area contributed by atoms with Gasteiger partial charge in [0, 0.05) is 20.3 Å². The number of para-hydroxylation sites is 1. The second-order valence-corrected chi connectivity index (χ2v) is 5.56. The minimum atomic E-state index is -0.636. The number of benzene rings is 1. The van der Waals surface area contributed by atoms with Crippen LogP contribution in [0, 0.1) is 10.1 Å². The second kappa shape index (κ2) is 8.23. The number of fused-ring (bicyclic) bond motifs is 1. The summed E-state index contributed by atoms with van der Waals surface area (Å²) in [7, 11) is 1.59. The van der Waals surface area contributed by atoms with Crippen LogP contribution in [-0.4, -0.2) is 34.4 Å². The van der Waals surface area contributed by atoms with Crippen molar-refractivity contribution in [3.05, 3.63) is 62.6 Å². The van der Waals surface area contributed by atoms with Gasteiger partial charge >= 0.3 is 5.88 Å². The predicted octanol–water partition coefficient (Wildman–Crippen LogP) is 2.38. The van der Waals surface area contributed by atoms with E-state index in [1.165, 1.54) is 22.9 Å². The summed E-state index contributed by atoms with van der Waals surface area (Å²) in [5.74, 6) is 0.0760.